The fourth-order valence-corrected chi connectivity index (χ4v) is 12.7. The van der Waals surface area contributed by atoms with Crippen LogP contribution < -0.4 is 107 Å². The number of para-hydroxylation sites is 1. The van der Waals surface area contributed by atoms with Crippen LogP contribution in [0.2, 0.25) is 0 Å². The molecule has 10 aromatic carbocycles. The van der Waals surface area contributed by atoms with E-state index in [9.17, 15) is 24.0 Å². The molecule has 0 heterocycles. The first-order valence-electron chi connectivity index (χ1n) is 47.3. The lowest BCUT2D eigenvalue weighted by molar-refractivity contribution is -0.113. The van der Waals surface area contributed by atoms with Crippen LogP contribution in [0.5, 0.6) is 103 Å². The zero-order chi connectivity index (χ0) is 109. The molecule has 0 bridgehead atoms. The maximum absolute atomic E-state index is 11.2. The molecule has 0 aliphatic heterocycles. The third kappa shape index (κ3) is 44.4. The summed E-state index contributed by atoms with van der Waals surface area (Å²) >= 11 is 0. The lowest BCUT2D eigenvalue weighted by Crippen LogP contribution is -1.98. The van der Waals surface area contributed by atoms with Crippen LogP contribution in [-0.4, -0.2) is 157 Å². The van der Waals surface area contributed by atoms with Crippen LogP contribution in [0.3, 0.4) is 0 Å². The Kier molecular flexibility index (Phi) is 65.1. The van der Waals surface area contributed by atoms with Gasteiger partial charge >= 0.3 is 0 Å². The summed E-state index contributed by atoms with van der Waals surface area (Å²) in [6.45, 7) is 27.5. The summed E-state index contributed by atoms with van der Waals surface area (Å²) in [5, 5.41) is 12.3. The Morgan fingerprint density at radius 1 is 0.212 bits per heavy atom. The van der Waals surface area contributed by atoms with Crippen molar-refractivity contribution >= 4 is 112 Å². The van der Waals surface area contributed by atoms with E-state index in [2.05, 4.69) is 33.4 Å². The highest BCUT2D eigenvalue weighted by atomic mass is 16.6. The number of hydrogen-bond acceptors (Lipinski definition) is 27. The van der Waals surface area contributed by atoms with Crippen LogP contribution >= 0.6 is 0 Å². The minimum Gasteiger partial charge on any atom is -0.495 e. The molecule has 0 aromatic heterocycles. The maximum atomic E-state index is 11.2. The quantitative estimate of drug-likeness (QED) is 0.0204. The third-order valence-corrected chi connectivity index (χ3v) is 19.3. The number of carbonyl (C=O) groups is 5. The maximum Gasteiger partial charge on any atom is 0.203 e. The van der Waals surface area contributed by atoms with E-state index in [4.69, 9.17) is 85.3 Å². The Morgan fingerprint density at radius 3 is 0.781 bits per heavy atom. The van der Waals surface area contributed by atoms with Crippen LogP contribution in [0, 0.1) is 0 Å². The second kappa shape index (κ2) is 74.5. The van der Waals surface area contributed by atoms with Crippen molar-refractivity contribution in [3.05, 3.63) is 286 Å². The Hall–Kier alpha value is -16.5. The van der Waals surface area contributed by atoms with E-state index in [1.54, 1.807) is 166 Å². The molecule has 4 N–H and O–H groups in total. The van der Waals surface area contributed by atoms with Gasteiger partial charge in [-0.05, 0) is 236 Å². The number of methoxy groups -OCH3 is 18. The summed E-state index contributed by atoms with van der Waals surface area (Å²) in [7, 11) is 28.5. The Morgan fingerprint density at radius 2 is 0.466 bits per heavy atom. The topological polar surface area (TPSA) is 300 Å². The summed E-state index contributed by atoms with van der Waals surface area (Å²) in [6, 6.07) is 52.1. The van der Waals surface area contributed by atoms with Crippen molar-refractivity contribution in [1.82, 2.24) is 0 Å². The van der Waals surface area contributed by atoms with Crippen LogP contribution in [0.25, 0.3) is 60.8 Å². The normalized spacial score (nSPS) is 10.4. The third-order valence-electron chi connectivity index (χ3n) is 19.3. The summed E-state index contributed by atoms with van der Waals surface area (Å²) < 4.78 is 96.8. The molecule has 27 nitrogen and oxygen atoms in total. The van der Waals surface area contributed by atoms with Gasteiger partial charge in [0.15, 0.2) is 97.9 Å². The van der Waals surface area contributed by atoms with Crippen molar-refractivity contribution in [2.24, 2.45) is 0 Å². The van der Waals surface area contributed by atoms with E-state index >= 15 is 0 Å². The van der Waals surface area contributed by atoms with Crippen LogP contribution in [-0.2, 0) is 30.4 Å². The fraction of sp³-hybridized carbons (Fsp3) is 0.286. The molecule has 0 aliphatic carbocycles. The van der Waals surface area contributed by atoms with Crippen LogP contribution in [0.1, 0.15) is 165 Å². The van der Waals surface area contributed by atoms with Crippen molar-refractivity contribution < 1.29 is 109 Å². The van der Waals surface area contributed by atoms with Gasteiger partial charge in [0.2, 0.25) is 28.7 Å². The van der Waals surface area contributed by atoms with Gasteiger partial charge in [-0.3, -0.25) is 24.0 Å². The predicted octanol–water partition coefficient (Wildman–Crippen LogP) is 27.3. The van der Waals surface area contributed by atoms with Crippen molar-refractivity contribution in [3.8, 4) is 103 Å². The lowest BCUT2D eigenvalue weighted by Gasteiger charge is -2.14. The van der Waals surface area contributed by atoms with E-state index in [1.165, 1.54) is 52.0 Å². The molecule has 0 spiro atoms. The largest absolute Gasteiger partial charge is 0.495 e. The zero-order valence-electron chi connectivity index (χ0n) is 91.2. The minimum absolute atomic E-state index is 0.00375. The molecule has 10 aromatic rings. The number of carbonyl (C=O) groups excluding carboxylic acids is 5. The number of benzene rings is 10. The van der Waals surface area contributed by atoms with Gasteiger partial charge in [-0.1, -0.05) is 197 Å². The highest BCUT2D eigenvalue weighted by Gasteiger charge is 2.19. The van der Waals surface area contributed by atoms with Gasteiger partial charge in [0.1, 0.15) is 5.75 Å². The second-order valence-electron chi connectivity index (χ2n) is 28.7. The fourth-order valence-electron chi connectivity index (χ4n) is 12.7. The van der Waals surface area contributed by atoms with Gasteiger partial charge in [-0.25, -0.2) is 0 Å². The van der Waals surface area contributed by atoms with Crippen molar-refractivity contribution in [1.29, 1.82) is 0 Å². The SMILES string of the molecule is CC.CC.CC.CC.CC.COc1cc(/C=C\c2cc(OC)c(OC)c(OC)c2)cc(N/C=C\C(C)=O)c1OC.COc1cc(/C=C\c2ccc(C/C=C\C(C)=O)cc2)cc(OC)c1OC.COc1cc(/C=C\c2cccc(N/C=C\C(C)=O)c2)cc(OC)c1OC.COc1cc(/C=C\c2ccccc2N/C=C\C(C)=O)cc(OC)c1OC.COc1ccc(/C=C\c2cc(OC)c(OC)c(OC)c2)cc1N/C=C\C(C)=O. The van der Waals surface area contributed by atoms with Gasteiger partial charge in [0.25, 0.3) is 0 Å². The van der Waals surface area contributed by atoms with Gasteiger partial charge in [-0.15, -0.1) is 0 Å². The number of ketones is 5. The number of rotatable bonds is 43. The molecule has 0 saturated carbocycles. The number of anilines is 4. The molecule has 786 valence electrons. The Bertz CT molecular complexity index is 5830. The first-order valence-corrected chi connectivity index (χ1v) is 47.3. The zero-order valence-corrected chi connectivity index (χ0v) is 91.2. The van der Waals surface area contributed by atoms with Crippen LogP contribution in [0.15, 0.2) is 225 Å². The standard InChI is InChI=1S/C23H27NO6.C22H25NO5.C22H24O4.2C21H23NO4.5C2H6/c1-15(25)9-10-24-18-11-16(12-19(26-2)22(18)29-5)7-8-17-13-20(27-3)23(30-6)21(14-17)28-4;1-15(24)10-11-23-18-12-16(8-9-19(18)25-2)6-7-17-13-20(26-3)22(28-5)21(14-17)27-4;1-16(23)6-5-7-17-8-10-18(11-9-17)12-13-19-14-20(24-2)22(26-4)21(15-19)25-3;1-15(23)10-11-22-18-7-5-6-16(12-18)8-9-17-13-19(24-2)21(26-4)20(14-17)25-3;1-15(23)11-12-22-18-8-6-5-7-17(18)10-9-16-13-19(24-2)21(26-4)20(14-16)25-3;5*1-2/h7-14,24H,1-6H3;6-14,23H,1-5H3;5-6,8-15H,7H2,1-4H3;2*5-14,22H,1-4H3;5*1-2H3/b8-7-,10-9-;7-6-,11-10-;6-5-,13-12-;9-8-,11-10-;10-9-,12-11-;;;;;. The van der Waals surface area contributed by atoms with Crippen molar-refractivity contribution in [2.45, 2.75) is 110 Å². The molecule has 0 radical (unpaired) electrons. The lowest BCUT2D eigenvalue weighted by atomic mass is 10.1. The van der Waals surface area contributed by atoms with E-state index in [0.29, 0.717) is 109 Å². The average Bonchev–Trinajstić information content (AvgIpc) is 0.843. The highest BCUT2D eigenvalue weighted by Crippen LogP contribution is 2.45. The molecule has 146 heavy (non-hydrogen) atoms. The molecule has 0 fully saturated rings. The molecule has 10 rings (SSSR count). The number of nitrogens with one attached hydrogen (secondary N) is 4. The number of ether oxygens (including phenoxy) is 18. The van der Waals surface area contributed by atoms with Crippen molar-refractivity contribution in [3.63, 3.8) is 0 Å². The highest BCUT2D eigenvalue weighted by molar-refractivity contribution is 5.91. The van der Waals surface area contributed by atoms with E-state index in [0.717, 1.165) is 84.7 Å². The summed E-state index contributed by atoms with van der Waals surface area (Å²) in [4.78, 5) is 55.1. The van der Waals surface area contributed by atoms with Crippen LogP contribution in [0.4, 0.5) is 22.7 Å². The molecule has 0 aliphatic rings. The van der Waals surface area contributed by atoms with Crippen molar-refractivity contribution in [2.75, 3.05) is 149 Å². The van der Waals surface area contributed by atoms with Gasteiger partial charge in [-0.2, -0.15) is 0 Å². The van der Waals surface area contributed by atoms with E-state index < -0.39 is 0 Å². The molecule has 0 unspecified atom stereocenters. The average molecular weight is 2010 g/mol. The van der Waals surface area contributed by atoms with E-state index in [-0.39, 0.29) is 28.9 Å². The summed E-state index contributed by atoms with van der Waals surface area (Å²) in [5.74, 6) is 10.5. The first kappa shape index (κ1) is 128. The predicted molar refractivity (Wildman–Crippen MR) is 601 cm³/mol. The Labute approximate surface area is 866 Å². The monoisotopic (exact) mass is 2010 g/mol. The second-order valence-corrected chi connectivity index (χ2v) is 28.7. The van der Waals surface area contributed by atoms with E-state index in [1.807, 2.05) is 288 Å². The smallest absolute Gasteiger partial charge is 0.203 e. The molecule has 0 atom stereocenters. The molecular formula is C119H152N4O23. The number of hydrogen-bond donors (Lipinski definition) is 4. The van der Waals surface area contributed by atoms with Gasteiger partial charge in [0, 0.05) is 36.2 Å². The Balaban J connectivity index is 0.000000893. The molecule has 27 heteroatoms. The summed E-state index contributed by atoms with van der Waals surface area (Å²) in [5.41, 5.74) is 13.8. The summed E-state index contributed by atoms with van der Waals surface area (Å²) in [6.07, 6.45) is 36.1. The molecule has 0 amide bonds. The first-order chi connectivity index (χ1) is 70.7. The molecular weight excluding hydrogens is 1850 g/mol. The number of allylic oxidation sites excluding steroid dienone is 6. The molecule has 0 saturated heterocycles. The van der Waals surface area contributed by atoms with Gasteiger partial charge in [0.05, 0.1) is 139 Å². The van der Waals surface area contributed by atoms with Gasteiger partial charge < -0.3 is 107 Å². The minimum atomic E-state index is -0.0631.